The Bertz CT molecular complexity index is 1080. The maximum atomic E-state index is 12.8. The molecule has 0 saturated carbocycles. The van der Waals surface area contributed by atoms with E-state index in [2.05, 4.69) is 48.6 Å². The fraction of sp³-hybridized carbons (Fsp3) is 0.321. The summed E-state index contributed by atoms with van der Waals surface area (Å²) in [5.74, 6) is 0.667. The Morgan fingerprint density at radius 2 is 1.65 bits per heavy atom. The number of piperidine rings is 1. The van der Waals surface area contributed by atoms with Crippen molar-refractivity contribution < 1.29 is 31.6 Å². The molecule has 1 aliphatic heterocycles. The van der Waals surface area contributed by atoms with Gasteiger partial charge in [-0.15, -0.1) is 0 Å². The number of hydrogen-bond donors (Lipinski definition) is 2. The number of hydrogen-bond acceptors (Lipinski definition) is 3. The normalized spacial score (nSPS) is 17.5. The zero-order chi connectivity index (χ0) is 23.2. The van der Waals surface area contributed by atoms with Crippen LogP contribution in [-0.2, 0) is 11.3 Å². The fourth-order valence-electron chi connectivity index (χ4n) is 4.25. The predicted octanol–water partition coefficient (Wildman–Crippen LogP) is 1.46. The maximum Gasteiger partial charge on any atom is 0.255 e. The first-order chi connectivity index (χ1) is 16.0. The first-order valence-corrected chi connectivity index (χ1v) is 11.6. The van der Waals surface area contributed by atoms with Gasteiger partial charge in [-0.25, -0.2) is 0 Å². The number of halogens is 1. The molecule has 1 heterocycles. The van der Waals surface area contributed by atoms with Crippen molar-refractivity contribution in [3.05, 3.63) is 89.0 Å². The second-order valence-electron chi connectivity index (χ2n) is 8.82. The van der Waals surface area contributed by atoms with Gasteiger partial charge in [-0.3, -0.25) is 4.79 Å². The lowest BCUT2D eigenvalue weighted by atomic mass is 10.1. The lowest BCUT2D eigenvalue weighted by molar-refractivity contribution is -0.839. The number of aryl methyl sites for hydroxylation is 2. The quantitative estimate of drug-likeness (QED) is 0.538. The van der Waals surface area contributed by atoms with Gasteiger partial charge in [0.2, 0.25) is 0 Å². The molecule has 0 spiro atoms. The third kappa shape index (κ3) is 6.60. The van der Waals surface area contributed by atoms with Crippen LogP contribution in [0, 0.1) is 13.8 Å². The van der Waals surface area contributed by atoms with Crippen molar-refractivity contribution >= 4 is 17.3 Å². The summed E-state index contributed by atoms with van der Waals surface area (Å²) in [7, 11) is 1.79. The summed E-state index contributed by atoms with van der Waals surface area (Å²) in [4.78, 5) is 14.2. The van der Waals surface area contributed by atoms with Gasteiger partial charge in [0, 0.05) is 43.3 Å². The van der Waals surface area contributed by atoms with Crippen molar-refractivity contribution in [2.75, 3.05) is 25.5 Å². The second kappa shape index (κ2) is 12.0. The number of quaternary nitrogens is 1. The first-order valence-electron chi connectivity index (χ1n) is 11.6. The maximum absolute atomic E-state index is 12.8. The molecule has 6 heteroatoms. The molecule has 1 aliphatic rings. The number of anilines is 1. The van der Waals surface area contributed by atoms with Crippen molar-refractivity contribution in [1.29, 1.82) is 0 Å². The SMILES string of the molecule is COC1CC[NH+](c2ccc(NC(=O)c3ccc(OCc4ccc(C)cc4)c(C)c3)cc2)CC1.[Cl-]. The summed E-state index contributed by atoms with van der Waals surface area (Å²) in [5, 5.41) is 3.01. The van der Waals surface area contributed by atoms with E-state index in [1.165, 1.54) is 16.2 Å². The lowest BCUT2D eigenvalue weighted by Crippen LogP contribution is -3.08. The standard InChI is InChI=1S/C28H32N2O3.ClH/c1-20-4-6-22(7-5-20)19-33-27-13-8-23(18-21(27)2)28(31)29-24-9-11-25(12-10-24)30-16-14-26(32-3)15-17-30;/h4-13,18,26H,14-17,19H2,1-3H3,(H,29,31);1H. The monoisotopic (exact) mass is 480 g/mol. The zero-order valence-corrected chi connectivity index (χ0v) is 20.8. The number of nitrogens with one attached hydrogen (secondary N) is 2. The van der Waals surface area contributed by atoms with E-state index in [0.29, 0.717) is 18.3 Å². The van der Waals surface area contributed by atoms with Gasteiger partial charge in [-0.05, 0) is 55.3 Å². The third-order valence-corrected chi connectivity index (χ3v) is 6.37. The summed E-state index contributed by atoms with van der Waals surface area (Å²) in [6.45, 7) is 6.68. The van der Waals surface area contributed by atoms with Gasteiger partial charge in [0.05, 0.1) is 19.2 Å². The van der Waals surface area contributed by atoms with Gasteiger partial charge < -0.3 is 32.1 Å². The molecule has 1 amide bonds. The molecule has 180 valence electrons. The highest BCUT2D eigenvalue weighted by Gasteiger charge is 2.23. The van der Waals surface area contributed by atoms with Crippen LogP contribution in [0.5, 0.6) is 5.75 Å². The first kappa shape index (κ1) is 25.8. The van der Waals surface area contributed by atoms with Crippen molar-refractivity contribution in [3.63, 3.8) is 0 Å². The van der Waals surface area contributed by atoms with E-state index in [-0.39, 0.29) is 18.3 Å². The molecule has 0 unspecified atom stereocenters. The predicted molar refractivity (Wildman–Crippen MR) is 131 cm³/mol. The molecule has 0 bridgehead atoms. The van der Waals surface area contributed by atoms with Gasteiger partial charge in [0.15, 0.2) is 0 Å². The Morgan fingerprint density at radius 3 is 2.26 bits per heavy atom. The highest BCUT2D eigenvalue weighted by atomic mass is 35.5. The van der Waals surface area contributed by atoms with E-state index in [4.69, 9.17) is 9.47 Å². The van der Waals surface area contributed by atoms with Crippen LogP contribution < -0.4 is 27.4 Å². The van der Waals surface area contributed by atoms with Crippen molar-refractivity contribution in [1.82, 2.24) is 0 Å². The van der Waals surface area contributed by atoms with E-state index >= 15 is 0 Å². The molecular formula is C28H33ClN2O3. The Hall–Kier alpha value is -2.86. The van der Waals surface area contributed by atoms with Crippen LogP contribution in [0.3, 0.4) is 0 Å². The molecule has 4 rings (SSSR count). The van der Waals surface area contributed by atoms with Crippen LogP contribution in [0.25, 0.3) is 0 Å². The second-order valence-corrected chi connectivity index (χ2v) is 8.82. The van der Waals surface area contributed by atoms with Gasteiger partial charge in [-0.1, -0.05) is 29.8 Å². The van der Waals surface area contributed by atoms with Crippen LogP contribution in [0.15, 0.2) is 66.7 Å². The highest BCUT2D eigenvalue weighted by molar-refractivity contribution is 6.04. The Labute approximate surface area is 208 Å². The smallest absolute Gasteiger partial charge is 0.255 e. The van der Waals surface area contributed by atoms with Crippen LogP contribution in [0.2, 0.25) is 0 Å². The van der Waals surface area contributed by atoms with Gasteiger partial charge in [0.1, 0.15) is 18.0 Å². The number of carbonyl (C=O) groups is 1. The summed E-state index contributed by atoms with van der Waals surface area (Å²) < 4.78 is 11.4. The molecule has 0 aromatic heterocycles. The Balaban J connectivity index is 0.00000324. The van der Waals surface area contributed by atoms with Crippen molar-refractivity contribution in [2.24, 2.45) is 0 Å². The topological polar surface area (TPSA) is 52.0 Å². The molecule has 5 nitrogen and oxygen atoms in total. The van der Waals surface area contributed by atoms with E-state index in [1.54, 1.807) is 7.11 Å². The summed E-state index contributed by atoms with van der Waals surface area (Å²) in [6, 6.07) is 22.0. The molecule has 0 aliphatic carbocycles. The molecule has 3 aromatic rings. The zero-order valence-electron chi connectivity index (χ0n) is 20.1. The lowest BCUT2D eigenvalue weighted by Gasteiger charge is -2.28. The summed E-state index contributed by atoms with van der Waals surface area (Å²) in [6.07, 6.45) is 2.54. The fourth-order valence-corrected chi connectivity index (χ4v) is 4.25. The molecule has 1 saturated heterocycles. The van der Waals surface area contributed by atoms with Crippen LogP contribution >= 0.6 is 0 Å². The van der Waals surface area contributed by atoms with Gasteiger partial charge in [-0.2, -0.15) is 0 Å². The minimum Gasteiger partial charge on any atom is -1.00 e. The van der Waals surface area contributed by atoms with Crippen molar-refractivity contribution in [2.45, 2.75) is 39.4 Å². The third-order valence-electron chi connectivity index (χ3n) is 6.37. The number of ether oxygens (including phenoxy) is 2. The van der Waals surface area contributed by atoms with Crippen LogP contribution in [0.1, 0.15) is 39.9 Å². The number of methoxy groups -OCH3 is 1. The number of rotatable bonds is 7. The van der Waals surface area contributed by atoms with Gasteiger partial charge >= 0.3 is 0 Å². The molecule has 3 aromatic carbocycles. The van der Waals surface area contributed by atoms with E-state index in [9.17, 15) is 4.79 Å². The number of benzene rings is 3. The summed E-state index contributed by atoms with van der Waals surface area (Å²) >= 11 is 0. The van der Waals surface area contributed by atoms with E-state index < -0.39 is 0 Å². The van der Waals surface area contributed by atoms with Crippen LogP contribution in [-0.4, -0.2) is 32.2 Å². The van der Waals surface area contributed by atoms with Gasteiger partial charge in [0.25, 0.3) is 5.91 Å². The largest absolute Gasteiger partial charge is 1.00 e. The average Bonchev–Trinajstić information content (AvgIpc) is 2.85. The average molecular weight is 481 g/mol. The van der Waals surface area contributed by atoms with E-state index in [1.807, 2.05) is 37.3 Å². The molecular weight excluding hydrogens is 448 g/mol. The van der Waals surface area contributed by atoms with Crippen molar-refractivity contribution in [3.8, 4) is 5.75 Å². The Kier molecular flexibility index (Phi) is 9.11. The van der Waals surface area contributed by atoms with E-state index in [0.717, 1.165) is 48.5 Å². The Morgan fingerprint density at radius 1 is 0.971 bits per heavy atom. The number of carbonyl (C=O) groups excluding carboxylic acids is 1. The number of amides is 1. The van der Waals surface area contributed by atoms with Crippen LogP contribution in [0.4, 0.5) is 11.4 Å². The molecule has 0 atom stereocenters. The molecule has 2 N–H and O–H groups in total. The summed E-state index contributed by atoms with van der Waals surface area (Å²) in [5.41, 5.74) is 5.96. The minimum atomic E-state index is -0.121. The highest BCUT2D eigenvalue weighted by Crippen LogP contribution is 2.22. The molecule has 0 radical (unpaired) electrons. The minimum absolute atomic E-state index is 0. The molecule has 1 fully saturated rings. The molecule has 34 heavy (non-hydrogen) atoms.